The summed E-state index contributed by atoms with van der Waals surface area (Å²) in [4.78, 5) is 19.3. The molecule has 2 heterocycles. The number of aliphatic hydroxyl groups is 1. The number of hydrogen-bond donors (Lipinski definition) is 2. The fourth-order valence-corrected chi connectivity index (χ4v) is 4.89. The maximum Gasteiger partial charge on any atom is 0.261 e. The maximum atomic E-state index is 12.1. The van der Waals surface area contributed by atoms with Gasteiger partial charge in [-0.1, -0.05) is 24.8 Å². The molecule has 2 atom stereocenters. The van der Waals surface area contributed by atoms with E-state index in [9.17, 15) is 9.90 Å². The van der Waals surface area contributed by atoms with Crippen LogP contribution in [0.3, 0.4) is 0 Å². The first-order chi connectivity index (χ1) is 15.0. The molecule has 160 valence electrons. The summed E-state index contributed by atoms with van der Waals surface area (Å²) in [6.07, 6.45) is 3.51. The summed E-state index contributed by atoms with van der Waals surface area (Å²) in [5.41, 5.74) is 7.05. The van der Waals surface area contributed by atoms with E-state index in [2.05, 4.69) is 6.58 Å². The van der Waals surface area contributed by atoms with Crippen LogP contribution >= 0.6 is 11.3 Å². The Bertz CT molecular complexity index is 1050. The third kappa shape index (κ3) is 4.85. The minimum Gasteiger partial charge on any atom is -0.457 e. The number of aromatic nitrogens is 1. The molecule has 1 fully saturated rings. The SMILES string of the molecule is C=CC(O)N1CCC[C@H]1Cc1nc(-c2ccc(Oc3ccccc3)cc2)c(C(N)=O)s1. The van der Waals surface area contributed by atoms with Gasteiger partial charge in [0.25, 0.3) is 5.91 Å². The van der Waals surface area contributed by atoms with Crippen LogP contribution in [0, 0.1) is 0 Å². The van der Waals surface area contributed by atoms with Gasteiger partial charge in [-0.25, -0.2) is 4.98 Å². The molecule has 2 aromatic carbocycles. The molecule has 3 aromatic rings. The summed E-state index contributed by atoms with van der Waals surface area (Å²) < 4.78 is 5.84. The second kappa shape index (κ2) is 9.43. The van der Waals surface area contributed by atoms with Crippen LogP contribution in [0.15, 0.2) is 67.3 Å². The van der Waals surface area contributed by atoms with Crippen molar-refractivity contribution in [2.24, 2.45) is 5.73 Å². The van der Waals surface area contributed by atoms with Crippen LogP contribution in [-0.2, 0) is 6.42 Å². The standard InChI is InChI=1S/C24H25N3O3S/c1-2-21(28)27-14-6-7-17(27)15-20-26-22(23(31-20)24(25)29)16-10-12-19(13-11-16)30-18-8-4-3-5-9-18/h2-5,8-13,17,21,28H,1,6-7,14-15H2,(H2,25,29)/t17-,21?/m0/s1. The fraction of sp³-hybridized carbons (Fsp3) is 0.250. The lowest BCUT2D eigenvalue weighted by Crippen LogP contribution is -2.38. The average molecular weight is 436 g/mol. The molecule has 1 aliphatic heterocycles. The molecule has 1 aliphatic rings. The molecule has 0 bridgehead atoms. The molecule has 0 saturated carbocycles. The zero-order valence-electron chi connectivity index (χ0n) is 17.1. The van der Waals surface area contributed by atoms with Gasteiger partial charge in [0.15, 0.2) is 0 Å². The summed E-state index contributed by atoms with van der Waals surface area (Å²) in [6.45, 7) is 4.51. The minimum atomic E-state index is -0.667. The van der Waals surface area contributed by atoms with Crippen LogP contribution in [-0.4, -0.2) is 39.7 Å². The monoisotopic (exact) mass is 435 g/mol. The predicted molar refractivity (Wildman–Crippen MR) is 122 cm³/mol. The van der Waals surface area contributed by atoms with Gasteiger partial charge in [0.05, 0.1) is 10.7 Å². The Morgan fingerprint density at radius 3 is 2.65 bits per heavy atom. The highest BCUT2D eigenvalue weighted by Gasteiger charge is 2.30. The van der Waals surface area contributed by atoms with Crippen LogP contribution in [0.5, 0.6) is 11.5 Å². The number of ether oxygens (including phenoxy) is 1. The zero-order valence-corrected chi connectivity index (χ0v) is 17.9. The van der Waals surface area contributed by atoms with Crippen LogP contribution in [0.25, 0.3) is 11.3 Å². The number of amides is 1. The molecule has 1 saturated heterocycles. The van der Waals surface area contributed by atoms with Crippen LogP contribution in [0.4, 0.5) is 0 Å². The van der Waals surface area contributed by atoms with Gasteiger partial charge in [0.2, 0.25) is 0 Å². The summed E-state index contributed by atoms with van der Waals surface area (Å²) in [5.74, 6) is 0.968. The van der Waals surface area contributed by atoms with Crippen molar-refractivity contribution >= 4 is 17.2 Å². The molecular weight excluding hydrogens is 410 g/mol. The molecular formula is C24H25N3O3S. The number of hydrogen-bond acceptors (Lipinski definition) is 6. The van der Waals surface area contributed by atoms with E-state index in [0.29, 0.717) is 22.7 Å². The van der Waals surface area contributed by atoms with Crippen molar-refractivity contribution in [3.63, 3.8) is 0 Å². The van der Waals surface area contributed by atoms with Gasteiger partial charge in [0.1, 0.15) is 22.6 Å². The van der Waals surface area contributed by atoms with Crippen molar-refractivity contribution in [1.29, 1.82) is 0 Å². The van der Waals surface area contributed by atoms with Crippen molar-refractivity contribution in [2.75, 3.05) is 6.54 Å². The number of nitrogens with zero attached hydrogens (tertiary/aromatic N) is 2. The Hall–Kier alpha value is -3.00. The van der Waals surface area contributed by atoms with Gasteiger partial charge < -0.3 is 15.6 Å². The van der Waals surface area contributed by atoms with Crippen molar-refractivity contribution in [3.8, 4) is 22.8 Å². The number of carbonyl (C=O) groups is 1. The van der Waals surface area contributed by atoms with Crippen LogP contribution in [0.2, 0.25) is 0 Å². The molecule has 6 nitrogen and oxygen atoms in total. The minimum absolute atomic E-state index is 0.161. The second-order valence-corrected chi connectivity index (χ2v) is 8.56. The Morgan fingerprint density at radius 1 is 1.26 bits per heavy atom. The number of aliphatic hydroxyl groups excluding tert-OH is 1. The second-order valence-electron chi connectivity index (χ2n) is 7.48. The molecule has 1 aromatic heterocycles. The molecule has 0 spiro atoms. The highest BCUT2D eigenvalue weighted by Crippen LogP contribution is 2.32. The Balaban J connectivity index is 1.55. The summed E-state index contributed by atoms with van der Waals surface area (Å²) in [6, 6.07) is 17.2. The molecule has 1 amide bonds. The fourth-order valence-electron chi connectivity index (χ4n) is 3.88. The first-order valence-electron chi connectivity index (χ1n) is 10.2. The molecule has 0 aliphatic carbocycles. The number of likely N-dealkylation sites (tertiary alicyclic amines) is 1. The summed E-state index contributed by atoms with van der Waals surface area (Å²) >= 11 is 1.33. The lowest BCUT2D eigenvalue weighted by molar-refractivity contribution is 0.0326. The van der Waals surface area contributed by atoms with Crippen molar-refractivity contribution < 1.29 is 14.6 Å². The van der Waals surface area contributed by atoms with Crippen molar-refractivity contribution in [1.82, 2.24) is 9.88 Å². The third-order valence-electron chi connectivity index (χ3n) is 5.39. The number of carbonyl (C=O) groups excluding carboxylic acids is 1. The van der Waals surface area contributed by atoms with E-state index in [4.69, 9.17) is 15.5 Å². The van der Waals surface area contributed by atoms with E-state index >= 15 is 0 Å². The first-order valence-corrected chi connectivity index (χ1v) is 11.1. The van der Waals surface area contributed by atoms with E-state index in [1.54, 1.807) is 6.08 Å². The largest absolute Gasteiger partial charge is 0.457 e. The zero-order chi connectivity index (χ0) is 21.8. The van der Waals surface area contributed by atoms with E-state index in [1.165, 1.54) is 11.3 Å². The van der Waals surface area contributed by atoms with Crippen molar-refractivity contribution in [3.05, 3.63) is 77.1 Å². The smallest absolute Gasteiger partial charge is 0.261 e. The number of thiazole rings is 1. The highest BCUT2D eigenvalue weighted by atomic mass is 32.1. The highest BCUT2D eigenvalue weighted by molar-refractivity contribution is 7.14. The first kappa shape index (κ1) is 21.2. The van der Waals surface area contributed by atoms with Crippen molar-refractivity contribution in [2.45, 2.75) is 31.5 Å². The lowest BCUT2D eigenvalue weighted by Gasteiger charge is -2.26. The van der Waals surface area contributed by atoms with Gasteiger partial charge in [0, 0.05) is 24.6 Å². The van der Waals surface area contributed by atoms with E-state index in [-0.39, 0.29) is 6.04 Å². The average Bonchev–Trinajstić information content (AvgIpc) is 3.42. The van der Waals surface area contributed by atoms with E-state index in [1.807, 2.05) is 59.5 Å². The van der Waals surface area contributed by atoms with Gasteiger partial charge >= 0.3 is 0 Å². The van der Waals surface area contributed by atoms with E-state index < -0.39 is 12.1 Å². The molecule has 7 heteroatoms. The number of primary amides is 1. The lowest BCUT2D eigenvalue weighted by atomic mass is 10.1. The van der Waals surface area contributed by atoms with Gasteiger partial charge in [-0.05, 0) is 55.3 Å². The predicted octanol–water partition coefficient (Wildman–Crippen LogP) is 4.21. The van der Waals surface area contributed by atoms with Crippen LogP contribution in [0.1, 0.15) is 27.5 Å². The topological polar surface area (TPSA) is 88.7 Å². The number of para-hydroxylation sites is 1. The summed E-state index contributed by atoms with van der Waals surface area (Å²) in [7, 11) is 0. The van der Waals surface area contributed by atoms with Gasteiger partial charge in [-0.2, -0.15) is 0 Å². The summed E-state index contributed by atoms with van der Waals surface area (Å²) in [5, 5.41) is 11.0. The Morgan fingerprint density at radius 2 is 1.97 bits per heavy atom. The molecule has 31 heavy (non-hydrogen) atoms. The van der Waals surface area contributed by atoms with Gasteiger partial charge in [-0.15, -0.1) is 11.3 Å². The van der Waals surface area contributed by atoms with Crippen LogP contribution < -0.4 is 10.5 Å². The normalized spacial score (nSPS) is 17.4. The molecule has 1 unspecified atom stereocenters. The molecule has 0 radical (unpaired) electrons. The van der Waals surface area contributed by atoms with Gasteiger partial charge in [-0.3, -0.25) is 9.69 Å². The van der Waals surface area contributed by atoms with E-state index in [0.717, 1.165) is 35.7 Å². The molecule has 3 N–H and O–H groups in total. The Kier molecular flexibility index (Phi) is 6.46. The number of benzene rings is 2. The third-order valence-corrected chi connectivity index (χ3v) is 6.48. The molecule has 4 rings (SSSR count). The number of rotatable bonds is 8. The Labute approximate surface area is 185 Å². The number of nitrogens with two attached hydrogens (primary N) is 1. The quantitative estimate of drug-likeness (QED) is 0.518. The maximum absolute atomic E-state index is 12.1.